The molecule has 5 aromatic rings. The van der Waals surface area contributed by atoms with Crippen LogP contribution in [0.15, 0.2) is 38.8 Å². The van der Waals surface area contributed by atoms with Crippen molar-refractivity contribution in [2.75, 3.05) is 0 Å². The monoisotopic (exact) mass is 1070 g/mol. The van der Waals surface area contributed by atoms with E-state index in [0.717, 1.165) is 10.1 Å². The Balaban J connectivity index is 1.38. The molecule has 0 bridgehead atoms. The Kier molecular flexibility index (Phi) is 26.2. The normalized spacial score (nSPS) is 16.3. The van der Waals surface area contributed by atoms with Crippen LogP contribution in [0.4, 0.5) is 0 Å². The van der Waals surface area contributed by atoms with Gasteiger partial charge in [0.1, 0.15) is 0 Å². The molecule has 68 heavy (non-hydrogen) atoms. The fourth-order valence-electron chi connectivity index (χ4n) is 10.5. The maximum Gasteiger partial charge on any atom is 0.0603 e. The first-order valence-electron chi connectivity index (χ1n) is 28.0. The first-order chi connectivity index (χ1) is 33.3. The molecule has 0 radical (unpaired) electrons. The van der Waals surface area contributed by atoms with Gasteiger partial charge in [-0.25, -0.2) is 0 Å². The van der Waals surface area contributed by atoms with Crippen LogP contribution in [-0.2, 0) is 32.1 Å². The maximum atomic E-state index is 5.13. The molecule has 1 aliphatic rings. The van der Waals surface area contributed by atoms with E-state index in [0.29, 0.717) is 10.5 Å². The van der Waals surface area contributed by atoms with E-state index in [-0.39, 0.29) is 0 Å². The maximum absolute atomic E-state index is 5.13. The SMILES string of the molecule is CCCCCCc1cc(C2SC(c3sc(-c4sc(-c5sc(-c6sc(S)cc6CCCCCC)cc5CCCCCC)cc4CCCCCC)cc3CCCCCC)CC2CCCCCC)sc1S. The highest BCUT2D eigenvalue weighted by molar-refractivity contribution is 8.00. The average Bonchev–Trinajstić information content (AvgIpc) is 4.21. The minimum Gasteiger partial charge on any atom is -0.144 e. The van der Waals surface area contributed by atoms with Gasteiger partial charge in [0, 0.05) is 49.5 Å². The predicted molar refractivity (Wildman–Crippen MR) is 322 cm³/mol. The molecule has 5 aromatic heterocycles. The minimum atomic E-state index is 0.579. The van der Waals surface area contributed by atoms with Gasteiger partial charge in [0.05, 0.1) is 8.42 Å². The summed E-state index contributed by atoms with van der Waals surface area (Å²) in [6.07, 6.45) is 40.3. The van der Waals surface area contributed by atoms with Crippen LogP contribution in [-0.4, -0.2) is 0 Å². The van der Waals surface area contributed by atoms with Gasteiger partial charge in [0.25, 0.3) is 0 Å². The summed E-state index contributed by atoms with van der Waals surface area (Å²) in [5.41, 5.74) is 7.91. The van der Waals surface area contributed by atoms with Gasteiger partial charge in [0.15, 0.2) is 0 Å². The van der Waals surface area contributed by atoms with Crippen molar-refractivity contribution in [2.24, 2.45) is 5.92 Å². The Hall–Kier alpha value is -0.450. The highest BCUT2D eigenvalue weighted by Gasteiger charge is 2.39. The van der Waals surface area contributed by atoms with Crippen LogP contribution in [0.2, 0.25) is 0 Å². The lowest BCUT2D eigenvalue weighted by Gasteiger charge is -2.17. The van der Waals surface area contributed by atoms with Crippen molar-refractivity contribution in [3.8, 4) is 29.3 Å². The molecule has 1 aliphatic heterocycles. The molecule has 0 N–H and O–H groups in total. The van der Waals surface area contributed by atoms with E-state index in [1.807, 2.05) is 22.7 Å². The number of thioether (sulfide) groups is 1. The first kappa shape index (κ1) is 56.8. The summed E-state index contributed by atoms with van der Waals surface area (Å²) in [5, 5.41) is 1.17. The fraction of sp³-hybridized carbons (Fsp3) is 0.667. The minimum absolute atomic E-state index is 0.579. The first-order valence-corrected chi connectivity index (χ1v) is 33.9. The van der Waals surface area contributed by atoms with Crippen molar-refractivity contribution in [3.63, 3.8) is 0 Å². The van der Waals surface area contributed by atoms with E-state index in [1.54, 1.807) is 41.1 Å². The Morgan fingerprint density at radius 2 is 0.824 bits per heavy atom. The Labute approximate surface area is 452 Å². The third-order valence-corrected chi connectivity index (χ3v) is 23.7. The molecule has 6 heterocycles. The highest BCUT2D eigenvalue weighted by atomic mass is 32.2. The molecule has 0 nitrogen and oxygen atoms in total. The van der Waals surface area contributed by atoms with E-state index >= 15 is 0 Å². The zero-order valence-corrected chi connectivity index (χ0v) is 50.1. The number of hydrogen-bond donors (Lipinski definition) is 2. The molecular weight excluding hydrogens is 977 g/mol. The van der Waals surface area contributed by atoms with E-state index < -0.39 is 0 Å². The Bertz CT molecular complexity index is 2150. The molecule has 1 saturated heterocycles. The van der Waals surface area contributed by atoms with Crippen molar-refractivity contribution >= 4 is 93.7 Å². The van der Waals surface area contributed by atoms with Crippen molar-refractivity contribution in [1.29, 1.82) is 0 Å². The molecular formula is C60H90S8. The van der Waals surface area contributed by atoms with E-state index in [1.165, 1.54) is 229 Å². The standard InChI is InChI=1S/C60H90S8/c1-7-13-19-25-31-43-38-50(57-45(33-27-21-15-9-3)40-52(66-57)59-47(42-54(61)68-59)35-29-23-17-11-5)64-55(43)49-37-44(32-26-20-14-8-2)56(63-49)51-39-46(34-28-22-16-10-4)58(65-51)53-41-48(60(62)67-53)36-30-24-18-12-6/h37-38,40-42,46,51,58,61-62H,7-36,39H2,1-6H3. The summed E-state index contributed by atoms with van der Waals surface area (Å²) >= 11 is 22.8. The van der Waals surface area contributed by atoms with E-state index in [2.05, 4.69) is 118 Å². The Morgan fingerprint density at radius 3 is 1.32 bits per heavy atom. The van der Waals surface area contributed by atoms with Crippen LogP contribution < -0.4 is 0 Å². The molecule has 0 saturated carbocycles. The smallest absolute Gasteiger partial charge is 0.0603 e. The molecule has 378 valence electrons. The summed E-state index contributed by atoms with van der Waals surface area (Å²) in [5.74, 6) is 0.741. The van der Waals surface area contributed by atoms with Crippen LogP contribution in [0, 0.1) is 5.92 Å². The topological polar surface area (TPSA) is 0 Å². The van der Waals surface area contributed by atoms with Crippen LogP contribution in [0.1, 0.15) is 257 Å². The number of rotatable bonds is 35. The molecule has 0 aromatic carbocycles. The van der Waals surface area contributed by atoms with Crippen LogP contribution in [0.25, 0.3) is 29.3 Å². The summed E-state index contributed by atoms with van der Waals surface area (Å²) in [4.78, 5) is 12.5. The fourth-order valence-corrected chi connectivity index (χ4v) is 19.7. The van der Waals surface area contributed by atoms with Crippen LogP contribution in [0.3, 0.4) is 0 Å². The largest absolute Gasteiger partial charge is 0.144 e. The van der Waals surface area contributed by atoms with Gasteiger partial charge in [-0.2, -0.15) is 0 Å². The lowest BCUT2D eigenvalue weighted by Crippen LogP contribution is -2.03. The number of hydrogen-bond acceptors (Lipinski definition) is 8. The molecule has 3 atom stereocenters. The average molecular weight is 1070 g/mol. The summed E-state index contributed by atoms with van der Waals surface area (Å²) < 4.78 is 2.45. The van der Waals surface area contributed by atoms with Gasteiger partial charge in [-0.15, -0.1) is 93.7 Å². The van der Waals surface area contributed by atoms with Crippen molar-refractivity contribution in [3.05, 3.63) is 67.9 Å². The summed E-state index contributed by atoms with van der Waals surface area (Å²) in [6.45, 7) is 14.0. The number of thiophene rings is 5. The highest BCUT2D eigenvalue weighted by Crippen LogP contribution is 2.61. The quantitative estimate of drug-likeness (QED) is 0.0301. The lowest BCUT2D eigenvalue weighted by atomic mass is 9.91. The van der Waals surface area contributed by atoms with E-state index in [4.69, 9.17) is 25.3 Å². The lowest BCUT2D eigenvalue weighted by molar-refractivity contribution is 0.438. The number of thiol groups is 2. The molecule has 3 unspecified atom stereocenters. The summed E-state index contributed by atoms with van der Waals surface area (Å²) in [6, 6.07) is 13.0. The molecule has 0 amide bonds. The molecule has 6 rings (SSSR count). The van der Waals surface area contributed by atoms with Crippen molar-refractivity contribution in [2.45, 2.75) is 260 Å². The van der Waals surface area contributed by atoms with Gasteiger partial charge >= 0.3 is 0 Å². The second-order valence-electron chi connectivity index (χ2n) is 20.3. The van der Waals surface area contributed by atoms with Gasteiger partial charge in [0.2, 0.25) is 0 Å². The molecule has 1 fully saturated rings. The number of unbranched alkanes of at least 4 members (excludes halogenated alkanes) is 18. The van der Waals surface area contributed by atoms with Crippen LogP contribution >= 0.6 is 93.7 Å². The van der Waals surface area contributed by atoms with E-state index in [9.17, 15) is 0 Å². The third-order valence-electron chi connectivity index (χ3n) is 14.5. The van der Waals surface area contributed by atoms with Gasteiger partial charge in [-0.1, -0.05) is 164 Å². The molecule has 0 aliphatic carbocycles. The molecule has 0 spiro atoms. The van der Waals surface area contributed by atoms with Crippen molar-refractivity contribution in [1.82, 2.24) is 0 Å². The second-order valence-corrected chi connectivity index (χ2v) is 28.5. The zero-order valence-electron chi connectivity index (χ0n) is 43.4. The van der Waals surface area contributed by atoms with Gasteiger partial charge in [-0.05, 0) is 141 Å². The predicted octanol–water partition coefficient (Wildman–Crippen LogP) is 23.7. The second kappa shape index (κ2) is 31.3. The van der Waals surface area contributed by atoms with Crippen LogP contribution in [0.5, 0.6) is 0 Å². The van der Waals surface area contributed by atoms with Gasteiger partial charge in [-0.3, -0.25) is 0 Å². The third kappa shape index (κ3) is 16.8. The van der Waals surface area contributed by atoms with Crippen molar-refractivity contribution < 1.29 is 0 Å². The molecule has 8 heteroatoms. The zero-order chi connectivity index (χ0) is 48.1. The number of aryl methyl sites for hydroxylation is 5. The Morgan fingerprint density at radius 1 is 0.412 bits per heavy atom. The van der Waals surface area contributed by atoms with Gasteiger partial charge < -0.3 is 0 Å². The summed E-state index contributed by atoms with van der Waals surface area (Å²) in [7, 11) is 0.